The SMILES string of the molecule is CC1CCCC(C)N1C(=O)CN1CCC(O)(Cc2ccccc2)CC1. The first kappa shape index (κ1) is 18.4. The molecule has 1 amide bonds. The second-order valence-electron chi connectivity index (χ2n) is 8.09. The minimum atomic E-state index is -0.632. The van der Waals surface area contributed by atoms with Crippen LogP contribution in [0.5, 0.6) is 0 Å². The lowest BCUT2D eigenvalue weighted by atomic mass is 9.85. The molecule has 4 heteroatoms. The Hall–Kier alpha value is -1.39. The predicted molar refractivity (Wildman–Crippen MR) is 100 cm³/mol. The molecule has 2 atom stereocenters. The monoisotopic (exact) mass is 344 g/mol. The van der Waals surface area contributed by atoms with Crippen LogP contribution in [-0.2, 0) is 11.2 Å². The van der Waals surface area contributed by atoms with Gasteiger partial charge >= 0.3 is 0 Å². The van der Waals surface area contributed by atoms with E-state index in [1.807, 2.05) is 18.2 Å². The molecule has 138 valence electrons. The van der Waals surface area contributed by atoms with E-state index >= 15 is 0 Å². The molecular weight excluding hydrogens is 312 g/mol. The molecule has 1 aromatic rings. The maximum absolute atomic E-state index is 12.8. The highest BCUT2D eigenvalue weighted by molar-refractivity contribution is 5.79. The van der Waals surface area contributed by atoms with Gasteiger partial charge in [0, 0.05) is 31.6 Å². The van der Waals surface area contributed by atoms with Crippen molar-refractivity contribution >= 4 is 5.91 Å². The van der Waals surface area contributed by atoms with Crippen molar-refractivity contribution in [3.8, 4) is 0 Å². The zero-order valence-electron chi connectivity index (χ0n) is 15.7. The fourth-order valence-corrected chi connectivity index (χ4v) is 4.47. The number of nitrogens with zero attached hydrogens (tertiary/aromatic N) is 2. The first-order chi connectivity index (χ1) is 12.0. The largest absolute Gasteiger partial charge is 0.389 e. The topological polar surface area (TPSA) is 43.8 Å². The van der Waals surface area contributed by atoms with Crippen LogP contribution in [0.15, 0.2) is 30.3 Å². The molecule has 2 fully saturated rings. The Morgan fingerprint density at radius 3 is 2.32 bits per heavy atom. The van der Waals surface area contributed by atoms with Crippen LogP contribution >= 0.6 is 0 Å². The van der Waals surface area contributed by atoms with E-state index < -0.39 is 5.60 Å². The van der Waals surface area contributed by atoms with Crippen LogP contribution in [0.4, 0.5) is 0 Å². The van der Waals surface area contributed by atoms with Crippen molar-refractivity contribution in [1.29, 1.82) is 0 Å². The van der Waals surface area contributed by atoms with Crippen LogP contribution in [-0.4, -0.2) is 58.1 Å². The summed E-state index contributed by atoms with van der Waals surface area (Å²) >= 11 is 0. The third-order valence-electron chi connectivity index (χ3n) is 6.00. The summed E-state index contributed by atoms with van der Waals surface area (Å²) in [6.07, 6.45) is 5.64. The van der Waals surface area contributed by atoms with Crippen LogP contribution in [0.25, 0.3) is 0 Å². The highest BCUT2D eigenvalue weighted by Gasteiger charge is 2.35. The minimum Gasteiger partial charge on any atom is -0.389 e. The fraction of sp³-hybridized carbons (Fsp3) is 0.667. The first-order valence-corrected chi connectivity index (χ1v) is 9.77. The number of benzene rings is 1. The zero-order valence-corrected chi connectivity index (χ0v) is 15.7. The number of hydrogen-bond donors (Lipinski definition) is 1. The zero-order chi connectivity index (χ0) is 17.9. The number of carbonyl (C=O) groups is 1. The van der Waals surface area contributed by atoms with Crippen molar-refractivity contribution in [2.75, 3.05) is 19.6 Å². The van der Waals surface area contributed by atoms with Gasteiger partial charge in [-0.15, -0.1) is 0 Å². The molecule has 2 saturated heterocycles. The molecule has 0 radical (unpaired) electrons. The van der Waals surface area contributed by atoms with Gasteiger partial charge in [0.05, 0.1) is 12.1 Å². The van der Waals surface area contributed by atoms with Crippen LogP contribution in [0.2, 0.25) is 0 Å². The lowest BCUT2D eigenvalue weighted by molar-refractivity contribution is -0.139. The average molecular weight is 344 g/mol. The number of piperidine rings is 2. The number of amides is 1. The molecule has 2 aliphatic heterocycles. The molecule has 4 nitrogen and oxygen atoms in total. The molecule has 0 aliphatic carbocycles. The van der Waals surface area contributed by atoms with E-state index in [4.69, 9.17) is 0 Å². The molecule has 0 saturated carbocycles. The fourth-order valence-electron chi connectivity index (χ4n) is 4.47. The highest BCUT2D eigenvalue weighted by Crippen LogP contribution is 2.27. The van der Waals surface area contributed by atoms with Gasteiger partial charge in [-0.1, -0.05) is 30.3 Å². The third kappa shape index (κ3) is 4.62. The first-order valence-electron chi connectivity index (χ1n) is 9.77. The second-order valence-corrected chi connectivity index (χ2v) is 8.09. The summed E-state index contributed by atoms with van der Waals surface area (Å²) in [7, 11) is 0. The van der Waals surface area contributed by atoms with E-state index in [0.717, 1.165) is 38.8 Å². The third-order valence-corrected chi connectivity index (χ3v) is 6.00. The molecule has 3 rings (SSSR count). The van der Waals surface area contributed by atoms with Crippen molar-refractivity contribution < 1.29 is 9.90 Å². The van der Waals surface area contributed by atoms with Gasteiger partial charge in [-0.25, -0.2) is 0 Å². The van der Waals surface area contributed by atoms with Crippen molar-refractivity contribution in [2.45, 2.75) is 70.1 Å². The van der Waals surface area contributed by atoms with Gasteiger partial charge in [-0.05, 0) is 51.5 Å². The van der Waals surface area contributed by atoms with Crippen molar-refractivity contribution in [1.82, 2.24) is 9.80 Å². The summed E-state index contributed by atoms with van der Waals surface area (Å²) in [5.41, 5.74) is 0.553. The van der Waals surface area contributed by atoms with Crippen LogP contribution in [0.1, 0.15) is 51.5 Å². The summed E-state index contributed by atoms with van der Waals surface area (Å²) < 4.78 is 0. The number of rotatable bonds is 4. The molecule has 2 heterocycles. The van der Waals surface area contributed by atoms with E-state index in [0.29, 0.717) is 25.0 Å². The van der Waals surface area contributed by atoms with Gasteiger partial charge in [-0.2, -0.15) is 0 Å². The second kappa shape index (κ2) is 7.88. The van der Waals surface area contributed by atoms with Gasteiger partial charge < -0.3 is 10.0 Å². The number of carbonyl (C=O) groups excluding carboxylic acids is 1. The quantitative estimate of drug-likeness (QED) is 0.913. The van der Waals surface area contributed by atoms with Crippen LogP contribution in [0, 0.1) is 0 Å². The van der Waals surface area contributed by atoms with E-state index in [-0.39, 0.29) is 5.91 Å². The molecule has 0 spiro atoms. The van der Waals surface area contributed by atoms with Crippen molar-refractivity contribution in [3.05, 3.63) is 35.9 Å². The van der Waals surface area contributed by atoms with E-state index in [1.54, 1.807) is 0 Å². The average Bonchev–Trinajstić information content (AvgIpc) is 2.58. The predicted octanol–water partition coefficient (Wildman–Crippen LogP) is 2.85. The van der Waals surface area contributed by atoms with Crippen molar-refractivity contribution in [2.24, 2.45) is 0 Å². The Morgan fingerprint density at radius 2 is 1.72 bits per heavy atom. The summed E-state index contributed by atoms with van der Waals surface area (Å²) in [6.45, 7) is 6.43. The lowest BCUT2D eigenvalue weighted by Crippen LogP contribution is -2.53. The highest BCUT2D eigenvalue weighted by atomic mass is 16.3. The molecule has 2 unspecified atom stereocenters. The summed E-state index contributed by atoms with van der Waals surface area (Å²) in [6, 6.07) is 10.9. The number of hydrogen-bond acceptors (Lipinski definition) is 3. The molecule has 1 aromatic carbocycles. The maximum Gasteiger partial charge on any atom is 0.237 e. The normalized spacial score (nSPS) is 27.2. The molecule has 0 bridgehead atoms. The standard InChI is InChI=1S/C21H32N2O2/c1-17-7-6-8-18(2)23(17)20(24)16-22-13-11-21(25,12-14-22)15-19-9-4-3-5-10-19/h3-5,9-10,17-18,25H,6-8,11-16H2,1-2H3. The van der Waals surface area contributed by atoms with Gasteiger partial charge in [0.15, 0.2) is 0 Å². The lowest BCUT2D eigenvalue weighted by Gasteiger charge is -2.42. The molecule has 2 aliphatic rings. The summed E-state index contributed by atoms with van der Waals surface area (Å²) in [4.78, 5) is 17.1. The Balaban J connectivity index is 1.51. The maximum atomic E-state index is 12.8. The van der Waals surface area contributed by atoms with Gasteiger partial charge in [-0.3, -0.25) is 9.69 Å². The molecule has 25 heavy (non-hydrogen) atoms. The van der Waals surface area contributed by atoms with Gasteiger partial charge in [0.2, 0.25) is 5.91 Å². The number of aliphatic hydroxyl groups is 1. The van der Waals surface area contributed by atoms with Crippen LogP contribution in [0.3, 0.4) is 0 Å². The smallest absolute Gasteiger partial charge is 0.237 e. The number of likely N-dealkylation sites (tertiary alicyclic amines) is 2. The Bertz CT molecular complexity index is 557. The Morgan fingerprint density at radius 1 is 1.12 bits per heavy atom. The van der Waals surface area contributed by atoms with E-state index in [9.17, 15) is 9.90 Å². The Labute approximate surface area is 151 Å². The van der Waals surface area contributed by atoms with Gasteiger partial charge in [0.25, 0.3) is 0 Å². The Kier molecular flexibility index (Phi) is 5.80. The van der Waals surface area contributed by atoms with Crippen LogP contribution < -0.4 is 0 Å². The van der Waals surface area contributed by atoms with Crippen molar-refractivity contribution in [3.63, 3.8) is 0 Å². The van der Waals surface area contributed by atoms with E-state index in [2.05, 4.69) is 35.8 Å². The van der Waals surface area contributed by atoms with E-state index in [1.165, 1.54) is 12.0 Å². The molecule has 0 aromatic heterocycles. The van der Waals surface area contributed by atoms with Gasteiger partial charge in [0.1, 0.15) is 0 Å². The molecular formula is C21H32N2O2. The summed E-state index contributed by atoms with van der Waals surface area (Å²) in [5, 5.41) is 10.9. The molecule has 1 N–H and O–H groups in total. The summed E-state index contributed by atoms with van der Waals surface area (Å²) in [5.74, 6) is 0.258. The minimum absolute atomic E-state index is 0.258.